The zero-order chi connectivity index (χ0) is 14.5. The highest BCUT2D eigenvalue weighted by Gasteiger charge is 2.06. The minimum atomic E-state index is -0.346. The highest BCUT2D eigenvalue weighted by Crippen LogP contribution is 2.14. The number of carbonyl (C=O) groups excluding carboxylic acids is 1. The Morgan fingerprint density at radius 2 is 1.95 bits per heavy atom. The summed E-state index contributed by atoms with van der Waals surface area (Å²) in [5.74, 6) is -0.570. The third-order valence-electron chi connectivity index (χ3n) is 2.90. The third-order valence-corrected chi connectivity index (χ3v) is 2.90. The molecule has 1 N–H and O–H groups in total. The summed E-state index contributed by atoms with van der Waals surface area (Å²) in [4.78, 5) is 11.8. The number of benzene rings is 2. The number of nitrogens with zero attached hydrogens (tertiary/aromatic N) is 1. The van der Waals surface area contributed by atoms with Gasteiger partial charge in [-0.05, 0) is 42.3 Å². The van der Waals surface area contributed by atoms with Crippen LogP contribution in [0.1, 0.15) is 16.7 Å². The molecule has 2 rings (SSSR count). The monoisotopic (exact) mass is 268 g/mol. The summed E-state index contributed by atoms with van der Waals surface area (Å²) in [6.07, 6.45) is 0.182. The van der Waals surface area contributed by atoms with Gasteiger partial charge in [-0.3, -0.25) is 4.79 Å². The van der Waals surface area contributed by atoms with Crippen molar-refractivity contribution < 1.29 is 9.18 Å². The number of halogens is 1. The molecule has 0 heterocycles. The normalized spacial score (nSPS) is 9.85. The molecule has 0 radical (unpaired) electrons. The highest BCUT2D eigenvalue weighted by atomic mass is 19.1. The first kappa shape index (κ1) is 13.8. The van der Waals surface area contributed by atoms with Crippen LogP contribution in [-0.4, -0.2) is 5.91 Å². The topological polar surface area (TPSA) is 52.9 Å². The first-order chi connectivity index (χ1) is 9.58. The number of rotatable bonds is 3. The lowest BCUT2D eigenvalue weighted by molar-refractivity contribution is -0.115. The van der Waals surface area contributed by atoms with E-state index in [1.807, 2.05) is 6.07 Å². The summed E-state index contributed by atoms with van der Waals surface area (Å²) in [7, 11) is 0. The molecule has 1 amide bonds. The maximum Gasteiger partial charge on any atom is 0.228 e. The third kappa shape index (κ3) is 3.42. The first-order valence-electron chi connectivity index (χ1n) is 6.13. The van der Waals surface area contributed by atoms with E-state index in [1.54, 1.807) is 43.3 Å². The van der Waals surface area contributed by atoms with Crippen LogP contribution in [-0.2, 0) is 11.2 Å². The molecule has 4 heteroatoms. The van der Waals surface area contributed by atoms with Gasteiger partial charge in [-0.25, -0.2) is 4.39 Å². The van der Waals surface area contributed by atoms with Gasteiger partial charge < -0.3 is 5.32 Å². The fourth-order valence-electron chi connectivity index (χ4n) is 1.76. The van der Waals surface area contributed by atoms with E-state index < -0.39 is 0 Å². The number of hydrogen-bond acceptors (Lipinski definition) is 2. The van der Waals surface area contributed by atoms with Crippen LogP contribution >= 0.6 is 0 Å². The summed E-state index contributed by atoms with van der Waals surface area (Å²) in [6, 6.07) is 13.4. The SMILES string of the molecule is Cc1ccc(NC(=O)Cc2ccc(C#N)cc2)cc1F. The molecule has 0 aliphatic carbocycles. The van der Waals surface area contributed by atoms with Gasteiger partial charge >= 0.3 is 0 Å². The van der Waals surface area contributed by atoms with Crippen LogP contribution in [0.25, 0.3) is 0 Å². The summed E-state index contributed by atoms with van der Waals surface area (Å²) in [5, 5.41) is 11.3. The first-order valence-corrected chi connectivity index (χ1v) is 6.13. The molecule has 20 heavy (non-hydrogen) atoms. The lowest BCUT2D eigenvalue weighted by Crippen LogP contribution is -2.14. The van der Waals surface area contributed by atoms with E-state index in [9.17, 15) is 9.18 Å². The van der Waals surface area contributed by atoms with Crippen LogP contribution in [0, 0.1) is 24.1 Å². The standard InChI is InChI=1S/C16H13FN2O/c1-11-2-7-14(9-15(11)17)19-16(20)8-12-3-5-13(10-18)6-4-12/h2-7,9H,8H2,1H3,(H,19,20). The molecule has 0 bridgehead atoms. The molecular weight excluding hydrogens is 255 g/mol. The molecule has 0 aliphatic heterocycles. The van der Waals surface area contributed by atoms with Crippen LogP contribution < -0.4 is 5.32 Å². The molecular formula is C16H13FN2O. The van der Waals surface area contributed by atoms with Gasteiger partial charge in [-0.2, -0.15) is 5.26 Å². The summed E-state index contributed by atoms with van der Waals surface area (Å²) in [6.45, 7) is 1.66. The van der Waals surface area contributed by atoms with Crippen LogP contribution in [0.2, 0.25) is 0 Å². The quantitative estimate of drug-likeness (QED) is 0.929. The summed E-state index contributed by atoms with van der Waals surface area (Å²) >= 11 is 0. The molecule has 0 aliphatic rings. The van der Waals surface area contributed by atoms with Crippen molar-refractivity contribution in [3.63, 3.8) is 0 Å². The van der Waals surface area contributed by atoms with Crippen molar-refractivity contribution in [3.05, 3.63) is 65.0 Å². The van der Waals surface area contributed by atoms with Gasteiger partial charge in [0, 0.05) is 5.69 Å². The Bertz CT molecular complexity index is 672. The number of amides is 1. The average molecular weight is 268 g/mol. The molecule has 2 aromatic carbocycles. The average Bonchev–Trinajstić information content (AvgIpc) is 2.44. The van der Waals surface area contributed by atoms with Gasteiger partial charge in [0.15, 0.2) is 0 Å². The van der Waals surface area contributed by atoms with Crippen molar-refractivity contribution in [1.82, 2.24) is 0 Å². The maximum atomic E-state index is 13.4. The highest BCUT2D eigenvalue weighted by molar-refractivity contribution is 5.92. The van der Waals surface area contributed by atoms with E-state index in [-0.39, 0.29) is 18.1 Å². The van der Waals surface area contributed by atoms with Crippen molar-refractivity contribution in [2.45, 2.75) is 13.3 Å². The minimum Gasteiger partial charge on any atom is -0.326 e. The van der Waals surface area contributed by atoms with Crippen molar-refractivity contribution in [3.8, 4) is 6.07 Å². The number of hydrogen-bond donors (Lipinski definition) is 1. The zero-order valence-corrected chi connectivity index (χ0v) is 11.0. The predicted octanol–water partition coefficient (Wildman–Crippen LogP) is 3.19. The van der Waals surface area contributed by atoms with E-state index >= 15 is 0 Å². The second-order valence-corrected chi connectivity index (χ2v) is 4.50. The van der Waals surface area contributed by atoms with Gasteiger partial charge in [-0.1, -0.05) is 18.2 Å². The zero-order valence-electron chi connectivity index (χ0n) is 11.0. The molecule has 0 saturated heterocycles. The van der Waals surface area contributed by atoms with E-state index in [1.165, 1.54) is 6.07 Å². The van der Waals surface area contributed by atoms with Gasteiger partial charge in [0.05, 0.1) is 18.1 Å². The molecule has 2 aromatic rings. The molecule has 0 fully saturated rings. The largest absolute Gasteiger partial charge is 0.326 e. The van der Waals surface area contributed by atoms with Crippen molar-refractivity contribution >= 4 is 11.6 Å². The van der Waals surface area contributed by atoms with E-state index in [4.69, 9.17) is 5.26 Å². The number of nitrogens with one attached hydrogen (secondary N) is 1. The fourth-order valence-corrected chi connectivity index (χ4v) is 1.76. The summed E-state index contributed by atoms with van der Waals surface area (Å²) in [5.41, 5.74) is 2.32. The van der Waals surface area contributed by atoms with E-state index in [0.29, 0.717) is 16.8 Å². The van der Waals surface area contributed by atoms with Gasteiger partial charge in [0.25, 0.3) is 0 Å². The predicted molar refractivity (Wildman–Crippen MR) is 74.6 cm³/mol. The minimum absolute atomic E-state index is 0.182. The Morgan fingerprint density at radius 1 is 1.25 bits per heavy atom. The number of carbonyl (C=O) groups is 1. The van der Waals surface area contributed by atoms with Crippen molar-refractivity contribution in [2.75, 3.05) is 5.32 Å². The lowest BCUT2D eigenvalue weighted by atomic mass is 10.1. The van der Waals surface area contributed by atoms with Crippen LogP contribution in [0.15, 0.2) is 42.5 Å². The van der Waals surface area contributed by atoms with Crippen molar-refractivity contribution in [2.24, 2.45) is 0 Å². The van der Waals surface area contributed by atoms with Crippen LogP contribution in [0.5, 0.6) is 0 Å². The fraction of sp³-hybridized carbons (Fsp3) is 0.125. The Morgan fingerprint density at radius 3 is 2.55 bits per heavy atom. The smallest absolute Gasteiger partial charge is 0.228 e. The lowest BCUT2D eigenvalue weighted by Gasteiger charge is -2.06. The van der Waals surface area contributed by atoms with E-state index in [2.05, 4.69) is 5.32 Å². The Hall–Kier alpha value is -2.67. The van der Waals surface area contributed by atoms with Crippen LogP contribution in [0.3, 0.4) is 0 Å². The molecule has 0 aromatic heterocycles. The molecule has 100 valence electrons. The Kier molecular flexibility index (Phi) is 4.11. The molecule has 0 unspecified atom stereocenters. The van der Waals surface area contributed by atoms with Crippen molar-refractivity contribution in [1.29, 1.82) is 5.26 Å². The molecule has 3 nitrogen and oxygen atoms in total. The molecule has 0 atom stereocenters. The Balaban J connectivity index is 2.01. The van der Waals surface area contributed by atoms with E-state index in [0.717, 1.165) is 5.56 Å². The molecule has 0 spiro atoms. The van der Waals surface area contributed by atoms with Gasteiger partial charge in [0.1, 0.15) is 5.82 Å². The second kappa shape index (κ2) is 5.98. The summed E-state index contributed by atoms with van der Waals surface area (Å²) < 4.78 is 13.4. The van der Waals surface area contributed by atoms with Gasteiger partial charge in [-0.15, -0.1) is 0 Å². The van der Waals surface area contributed by atoms with Gasteiger partial charge in [0.2, 0.25) is 5.91 Å². The Labute approximate surface area is 116 Å². The number of nitriles is 1. The number of anilines is 1. The second-order valence-electron chi connectivity index (χ2n) is 4.50. The molecule has 0 saturated carbocycles. The maximum absolute atomic E-state index is 13.4. The number of aryl methyl sites for hydroxylation is 1. The van der Waals surface area contributed by atoms with Crippen LogP contribution in [0.4, 0.5) is 10.1 Å².